The molecule has 1 heterocycles. The van der Waals surface area contributed by atoms with Crippen LogP contribution < -0.4 is 14.9 Å². The van der Waals surface area contributed by atoms with E-state index in [9.17, 15) is 4.39 Å². The summed E-state index contributed by atoms with van der Waals surface area (Å²) in [6.07, 6.45) is 1.77. The number of aryl methyl sites for hydroxylation is 1. The maximum absolute atomic E-state index is 13.3. The third kappa shape index (κ3) is 5.99. The second-order valence-corrected chi connectivity index (χ2v) is 8.36. The summed E-state index contributed by atoms with van der Waals surface area (Å²) in [6, 6.07) is 7.98. The van der Waals surface area contributed by atoms with Gasteiger partial charge in [0, 0.05) is 16.5 Å². The summed E-state index contributed by atoms with van der Waals surface area (Å²) in [5, 5.41) is 7.39. The summed E-state index contributed by atoms with van der Waals surface area (Å²) in [5.74, 6) is 1.63. The first-order valence-electron chi connectivity index (χ1n) is 9.85. The molecule has 166 valence electrons. The van der Waals surface area contributed by atoms with Crippen LogP contribution in [0.15, 0.2) is 34.8 Å². The second kappa shape index (κ2) is 11.0. The first kappa shape index (κ1) is 23.6. The Morgan fingerprint density at radius 2 is 1.97 bits per heavy atom. The zero-order valence-electron chi connectivity index (χ0n) is 17.2. The number of nitrogens with zero attached hydrogens (tertiary/aromatic N) is 2. The van der Waals surface area contributed by atoms with Crippen LogP contribution in [0.25, 0.3) is 0 Å². The largest absolute Gasteiger partial charge is 0.490 e. The molecule has 0 aliphatic rings. The van der Waals surface area contributed by atoms with Gasteiger partial charge in [-0.15, -0.1) is 0 Å². The van der Waals surface area contributed by atoms with Crippen molar-refractivity contribution in [3.63, 3.8) is 0 Å². The first-order valence-corrected chi connectivity index (χ1v) is 11.4. The lowest BCUT2D eigenvalue weighted by atomic mass is 10.2. The number of hydrogen-bond acceptors (Lipinski definition) is 5. The van der Waals surface area contributed by atoms with E-state index in [1.165, 1.54) is 12.1 Å². The monoisotopic (exact) mass is 528 g/mol. The highest BCUT2D eigenvalue weighted by Crippen LogP contribution is 2.35. The molecule has 0 fully saturated rings. The Kier molecular flexibility index (Phi) is 8.34. The molecule has 2 N–H and O–H groups in total. The number of ether oxygens (including phenoxy) is 2. The summed E-state index contributed by atoms with van der Waals surface area (Å²) in [4.78, 5) is 0. The molecule has 0 bridgehead atoms. The lowest BCUT2D eigenvalue weighted by Crippen LogP contribution is -2.18. The Hall–Kier alpha value is -2.10. The number of aromatic nitrogens is 3. The molecule has 0 amide bonds. The summed E-state index contributed by atoms with van der Waals surface area (Å²) in [6.45, 7) is 5.16. The fraction of sp³-hybridized carbons (Fsp3) is 0.333. The highest BCUT2D eigenvalue weighted by atomic mass is 79.9. The van der Waals surface area contributed by atoms with Crippen LogP contribution in [0.1, 0.15) is 37.2 Å². The SMILES string of the molecule is CCCc1n[nH]c(=S)n1NCc1cc(OCC)c(OCc2ccc(F)cc2Cl)cc1Br. The molecular formula is C21H23BrClFN4O2S. The molecule has 0 unspecified atom stereocenters. The minimum absolute atomic E-state index is 0.188. The van der Waals surface area contributed by atoms with Gasteiger partial charge in [0.2, 0.25) is 4.77 Å². The van der Waals surface area contributed by atoms with Gasteiger partial charge >= 0.3 is 0 Å². The molecule has 0 spiro atoms. The van der Waals surface area contributed by atoms with Crippen molar-refractivity contribution in [2.45, 2.75) is 39.8 Å². The lowest BCUT2D eigenvalue weighted by Gasteiger charge is -2.16. The van der Waals surface area contributed by atoms with Gasteiger partial charge in [-0.1, -0.05) is 40.5 Å². The minimum atomic E-state index is -0.386. The van der Waals surface area contributed by atoms with Crippen LogP contribution in [0.2, 0.25) is 5.02 Å². The van der Waals surface area contributed by atoms with E-state index < -0.39 is 0 Å². The van der Waals surface area contributed by atoms with Crippen molar-refractivity contribution in [2.24, 2.45) is 0 Å². The predicted molar refractivity (Wildman–Crippen MR) is 126 cm³/mol. The molecule has 10 heteroatoms. The number of benzene rings is 2. The van der Waals surface area contributed by atoms with Crippen molar-refractivity contribution in [3.8, 4) is 11.5 Å². The van der Waals surface area contributed by atoms with Gasteiger partial charge in [0.15, 0.2) is 17.3 Å². The second-order valence-electron chi connectivity index (χ2n) is 6.71. The van der Waals surface area contributed by atoms with E-state index in [1.807, 2.05) is 19.1 Å². The molecule has 31 heavy (non-hydrogen) atoms. The zero-order chi connectivity index (χ0) is 22.4. The topological polar surface area (TPSA) is 64.1 Å². The van der Waals surface area contributed by atoms with Crippen LogP contribution in [-0.4, -0.2) is 21.5 Å². The van der Waals surface area contributed by atoms with Crippen molar-refractivity contribution in [2.75, 3.05) is 12.0 Å². The molecule has 0 saturated heterocycles. The first-order chi connectivity index (χ1) is 14.9. The van der Waals surface area contributed by atoms with E-state index in [0.717, 1.165) is 28.7 Å². The molecule has 0 saturated carbocycles. The van der Waals surface area contributed by atoms with Gasteiger partial charge in [0.1, 0.15) is 12.4 Å². The number of H-pyrrole nitrogens is 1. The van der Waals surface area contributed by atoms with Crippen molar-refractivity contribution >= 4 is 39.7 Å². The van der Waals surface area contributed by atoms with E-state index in [1.54, 1.807) is 10.7 Å². The smallest absolute Gasteiger partial charge is 0.214 e. The summed E-state index contributed by atoms with van der Waals surface area (Å²) < 4.78 is 28.1. The fourth-order valence-corrected chi connectivity index (χ4v) is 3.84. The quantitative estimate of drug-likeness (QED) is 0.308. The lowest BCUT2D eigenvalue weighted by molar-refractivity contribution is 0.269. The Morgan fingerprint density at radius 1 is 1.19 bits per heavy atom. The molecule has 3 aromatic rings. The molecule has 0 atom stereocenters. The summed E-state index contributed by atoms with van der Waals surface area (Å²) in [5.41, 5.74) is 4.95. The Bertz CT molecular complexity index is 1110. The molecule has 2 aromatic carbocycles. The minimum Gasteiger partial charge on any atom is -0.490 e. The molecule has 0 radical (unpaired) electrons. The van der Waals surface area contributed by atoms with Crippen molar-refractivity contribution in [1.29, 1.82) is 0 Å². The van der Waals surface area contributed by atoms with Crippen LogP contribution >= 0.6 is 39.7 Å². The van der Waals surface area contributed by atoms with E-state index in [4.69, 9.17) is 33.3 Å². The van der Waals surface area contributed by atoms with Gasteiger partial charge in [-0.25, -0.2) is 9.07 Å². The molecular weight excluding hydrogens is 507 g/mol. The molecule has 0 aliphatic heterocycles. The highest BCUT2D eigenvalue weighted by Gasteiger charge is 2.13. The van der Waals surface area contributed by atoms with E-state index in [2.05, 4.69) is 38.5 Å². The fourth-order valence-electron chi connectivity index (χ4n) is 2.94. The van der Waals surface area contributed by atoms with Crippen LogP contribution in [0, 0.1) is 10.6 Å². The average Bonchev–Trinajstić information content (AvgIpc) is 3.07. The summed E-state index contributed by atoms with van der Waals surface area (Å²) >= 11 is 15.0. The maximum Gasteiger partial charge on any atom is 0.214 e. The Morgan fingerprint density at radius 3 is 2.68 bits per heavy atom. The van der Waals surface area contributed by atoms with Crippen molar-refractivity contribution < 1.29 is 13.9 Å². The normalized spacial score (nSPS) is 10.9. The Labute approximate surface area is 198 Å². The predicted octanol–water partition coefficient (Wildman–Crippen LogP) is 6.17. The molecule has 0 aliphatic carbocycles. The van der Waals surface area contributed by atoms with Crippen molar-refractivity contribution in [1.82, 2.24) is 14.9 Å². The number of nitrogens with one attached hydrogen (secondary N) is 2. The van der Waals surface area contributed by atoms with Crippen LogP contribution in [0.3, 0.4) is 0 Å². The van der Waals surface area contributed by atoms with Gasteiger partial charge in [-0.05, 0) is 55.4 Å². The van der Waals surface area contributed by atoms with Crippen LogP contribution in [0.4, 0.5) is 4.39 Å². The highest BCUT2D eigenvalue weighted by molar-refractivity contribution is 9.10. The average molecular weight is 530 g/mol. The number of rotatable bonds is 10. The third-order valence-corrected chi connectivity index (χ3v) is 5.82. The number of halogens is 3. The Balaban J connectivity index is 1.78. The van der Waals surface area contributed by atoms with Gasteiger partial charge in [0.05, 0.1) is 18.2 Å². The van der Waals surface area contributed by atoms with Gasteiger partial charge in [0.25, 0.3) is 0 Å². The van der Waals surface area contributed by atoms with Crippen LogP contribution in [-0.2, 0) is 19.6 Å². The van der Waals surface area contributed by atoms with Gasteiger partial charge in [-0.2, -0.15) is 5.10 Å². The molecule has 6 nitrogen and oxygen atoms in total. The van der Waals surface area contributed by atoms with Crippen LogP contribution in [0.5, 0.6) is 11.5 Å². The number of aromatic amines is 1. The maximum atomic E-state index is 13.3. The number of hydrogen-bond donors (Lipinski definition) is 2. The zero-order valence-corrected chi connectivity index (χ0v) is 20.3. The van der Waals surface area contributed by atoms with E-state index >= 15 is 0 Å². The van der Waals surface area contributed by atoms with Gasteiger partial charge in [-0.3, -0.25) is 5.10 Å². The molecule has 3 rings (SSSR count). The van der Waals surface area contributed by atoms with Gasteiger partial charge < -0.3 is 14.9 Å². The van der Waals surface area contributed by atoms with Crippen molar-refractivity contribution in [3.05, 3.63) is 67.4 Å². The summed E-state index contributed by atoms with van der Waals surface area (Å²) in [7, 11) is 0. The molecule has 1 aromatic heterocycles. The standard InChI is InChI=1S/C21H23BrClFN4O2S/c1-3-5-20-26-27-21(31)28(20)25-11-14-8-18(29-4-2)19(10-16(14)22)30-12-13-6-7-15(24)9-17(13)23/h6-10,25H,3-5,11-12H2,1-2H3,(H,27,31). The third-order valence-electron chi connectivity index (χ3n) is 4.45. The van der Waals surface area contributed by atoms with E-state index in [0.29, 0.717) is 40.0 Å². The van der Waals surface area contributed by atoms with E-state index in [-0.39, 0.29) is 12.4 Å².